The van der Waals surface area contributed by atoms with Crippen LogP contribution in [-0.2, 0) is 0 Å². The highest BCUT2D eigenvalue weighted by molar-refractivity contribution is 5.79. The van der Waals surface area contributed by atoms with Crippen LogP contribution in [0.1, 0.15) is 16.8 Å². The van der Waals surface area contributed by atoms with Gasteiger partial charge in [0.25, 0.3) is 0 Å². The van der Waals surface area contributed by atoms with Gasteiger partial charge in [0.15, 0.2) is 6.29 Å². The van der Waals surface area contributed by atoms with Crippen LogP contribution >= 0.6 is 0 Å². The standard InChI is InChI=1S/C11H14O4/c1-14-10-4-3-9(8-13)11(7-10)15-6-2-5-12/h3-4,7-8,12H,2,5-6H2,1H3. The van der Waals surface area contributed by atoms with Gasteiger partial charge in [0.05, 0.1) is 19.3 Å². The predicted octanol–water partition coefficient (Wildman–Crippen LogP) is 1.27. The molecule has 0 heterocycles. The van der Waals surface area contributed by atoms with Crippen molar-refractivity contribution in [1.82, 2.24) is 0 Å². The van der Waals surface area contributed by atoms with E-state index in [0.717, 1.165) is 6.29 Å². The van der Waals surface area contributed by atoms with Crippen LogP contribution in [0, 0.1) is 0 Å². The maximum absolute atomic E-state index is 10.7. The quantitative estimate of drug-likeness (QED) is 0.567. The van der Waals surface area contributed by atoms with E-state index in [0.29, 0.717) is 30.1 Å². The van der Waals surface area contributed by atoms with Crippen LogP contribution in [0.4, 0.5) is 0 Å². The summed E-state index contributed by atoms with van der Waals surface area (Å²) in [6.07, 6.45) is 1.27. The first-order valence-electron chi connectivity index (χ1n) is 4.68. The Hall–Kier alpha value is -1.55. The van der Waals surface area contributed by atoms with E-state index in [1.54, 1.807) is 25.3 Å². The van der Waals surface area contributed by atoms with Gasteiger partial charge in [0, 0.05) is 19.1 Å². The molecule has 0 aliphatic heterocycles. The summed E-state index contributed by atoms with van der Waals surface area (Å²) in [5.74, 6) is 1.12. The maximum atomic E-state index is 10.7. The molecular formula is C11H14O4. The predicted molar refractivity (Wildman–Crippen MR) is 55.6 cm³/mol. The number of ether oxygens (including phenoxy) is 2. The number of methoxy groups -OCH3 is 1. The molecule has 1 aromatic rings. The molecule has 1 aromatic carbocycles. The van der Waals surface area contributed by atoms with Gasteiger partial charge in [-0.2, -0.15) is 0 Å². The number of aldehydes is 1. The molecule has 0 aromatic heterocycles. The zero-order chi connectivity index (χ0) is 11.1. The van der Waals surface area contributed by atoms with Crippen molar-refractivity contribution in [2.24, 2.45) is 0 Å². The van der Waals surface area contributed by atoms with Crippen molar-refractivity contribution in [3.63, 3.8) is 0 Å². The van der Waals surface area contributed by atoms with Gasteiger partial charge in [0.2, 0.25) is 0 Å². The Kier molecular flexibility index (Phi) is 4.63. The Balaban J connectivity index is 2.76. The Morgan fingerprint density at radius 2 is 2.27 bits per heavy atom. The SMILES string of the molecule is COc1ccc(C=O)c(OCCCO)c1. The fourth-order valence-electron chi connectivity index (χ4n) is 1.11. The summed E-state index contributed by atoms with van der Waals surface area (Å²) in [5.41, 5.74) is 0.480. The minimum Gasteiger partial charge on any atom is -0.497 e. The summed E-state index contributed by atoms with van der Waals surface area (Å²) in [7, 11) is 1.55. The third kappa shape index (κ3) is 3.25. The molecule has 0 atom stereocenters. The Morgan fingerprint density at radius 3 is 2.87 bits per heavy atom. The summed E-state index contributed by atoms with van der Waals surface area (Å²) >= 11 is 0. The lowest BCUT2D eigenvalue weighted by Crippen LogP contribution is -2.02. The monoisotopic (exact) mass is 210 g/mol. The topological polar surface area (TPSA) is 55.8 Å². The van der Waals surface area contributed by atoms with E-state index in [-0.39, 0.29) is 6.61 Å². The number of rotatable bonds is 6. The molecular weight excluding hydrogens is 196 g/mol. The van der Waals surface area contributed by atoms with Gasteiger partial charge < -0.3 is 14.6 Å². The highest BCUT2D eigenvalue weighted by atomic mass is 16.5. The number of aliphatic hydroxyl groups excluding tert-OH is 1. The fourth-order valence-corrected chi connectivity index (χ4v) is 1.11. The number of carbonyl (C=O) groups is 1. The molecule has 0 fully saturated rings. The highest BCUT2D eigenvalue weighted by Crippen LogP contribution is 2.23. The van der Waals surface area contributed by atoms with E-state index < -0.39 is 0 Å². The van der Waals surface area contributed by atoms with E-state index in [1.807, 2.05) is 0 Å². The molecule has 1 N–H and O–H groups in total. The molecule has 0 spiro atoms. The Morgan fingerprint density at radius 1 is 1.47 bits per heavy atom. The van der Waals surface area contributed by atoms with E-state index >= 15 is 0 Å². The lowest BCUT2D eigenvalue weighted by molar-refractivity contribution is 0.111. The van der Waals surface area contributed by atoms with Gasteiger partial charge >= 0.3 is 0 Å². The van der Waals surface area contributed by atoms with Crippen molar-refractivity contribution >= 4 is 6.29 Å². The molecule has 0 unspecified atom stereocenters. The average Bonchev–Trinajstić information content (AvgIpc) is 2.29. The van der Waals surface area contributed by atoms with Crippen molar-refractivity contribution in [3.8, 4) is 11.5 Å². The van der Waals surface area contributed by atoms with E-state index in [9.17, 15) is 4.79 Å². The van der Waals surface area contributed by atoms with Crippen LogP contribution < -0.4 is 9.47 Å². The maximum Gasteiger partial charge on any atom is 0.153 e. The number of carbonyl (C=O) groups excluding carboxylic acids is 1. The van der Waals surface area contributed by atoms with E-state index in [4.69, 9.17) is 14.6 Å². The zero-order valence-corrected chi connectivity index (χ0v) is 8.60. The van der Waals surface area contributed by atoms with Crippen molar-refractivity contribution in [1.29, 1.82) is 0 Å². The molecule has 82 valence electrons. The molecule has 0 aliphatic carbocycles. The second kappa shape index (κ2) is 6.03. The number of aliphatic hydroxyl groups is 1. The molecule has 4 heteroatoms. The van der Waals surface area contributed by atoms with Crippen LogP contribution in [0.5, 0.6) is 11.5 Å². The molecule has 0 saturated carbocycles. The van der Waals surface area contributed by atoms with Crippen molar-refractivity contribution < 1.29 is 19.4 Å². The second-order valence-corrected chi connectivity index (χ2v) is 2.95. The highest BCUT2D eigenvalue weighted by Gasteiger charge is 2.04. The first kappa shape index (κ1) is 11.5. The van der Waals surface area contributed by atoms with Crippen LogP contribution in [-0.4, -0.2) is 31.7 Å². The van der Waals surface area contributed by atoms with Crippen molar-refractivity contribution in [3.05, 3.63) is 23.8 Å². The van der Waals surface area contributed by atoms with Gasteiger partial charge in [-0.25, -0.2) is 0 Å². The third-order valence-corrected chi connectivity index (χ3v) is 1.91. The smallest absolute Gasteiger partial charge is 0.153 e. The first-order valence-corrected chi connectivity index (χ1v) is 4.68. The third-order valence-electron chi connectivity index (χ3n) is 1.91. The molecule has 0 saturated heterocycles. The second-order valence-electron chi connectivity index (χ2n) is 2.95. The fraction of sp³-hybridized carbons (Fsp3) is 0.364. The summed E-state index contributed by atoms with van der Waals surface area (Å²) in [6, 6.07) is 4.99. The molecule has 0 bridgehead atoms. The van der Waals surface area contributed by atoms with Gasteiger partial charge in [0.1, 0.15) is 11.5 Å². The van der Waals surface area contributed by atoms with Crippen LogP contribution in [0.15, 0.2) is 18.2 Å². The summed E-state index contributed by atoms with van der Waals surface area (Å²) in [4.78, 5) is 10.7. The molecule has 1 rings (SSSR count). The zero-order valence-electron chi connectivity index (χ0n) is 8.60. The molecule has 0 aliphatic rings. The summed E-state index contributed by atoms with van der Waals surface area (Å²) < 4.78 is 10.4. The first-order chi connectivity index (χ1) is 7.31. The van der Waals surface area contributed by atoms with Crippen molar-refractivity contribution in [2.75, 3.05) is 20.3 Å². The summed E-state index contributed by atoms with van der Waals surface area (Å²) in [5, 5.41) is 8.60. The van der Waals surface area contributed by atoms with E-state index in [2.05, 4.69) is 0 Å². The lowest BCUT2D eigenvalue weighted by atomic mass is 10.2. The molecule has 4 nitrogen and oxygen atoms in total. The molecule has 0 radical (unpaired) electrons. The minimum atomic E-state index is 0.0698. The molecule has 15 heavy (non-hydrogen) atoms. The Labute approximate surface area is 88.4 Å². The summed E-state index contributed by atoms with van der Waals surface area (Å²) in [6.45, 7) is 0.449. The number of hydrogen-bond donors (Lipinski definition) is 1. The largest absolute Gasteiger partial charge is 0.497 e. The number of benzene rings is 1. The van der Waals surface area contributed by atoms with Gasteiger partial charge in [-0.3, -0.25) is 4.79 Å². The van der Waals surface area contributed by atoms with Crippen LogP contribution in [0.2, 0.25) is 0 Å². The Bertz CT molecular complexity index is 322. The minimum absolute atomic E-state index is 0.0698. The average molecular weight is 210 g/mol. The van der Waals surface area contributed by atoms with Gasteiger partial charge in [-0.1, -0.05) is 0 Å². The van der Waals surface area contributed by atoms with Gasteiger partial charge in [-0.15, -0.1) is 0 Å². The lowest BCUT2D eigenvalue weighted by Gasteiger charge is -2.09. The normalized spacial score (nSPS) is 9.73. The van der Waals surface area contributed by atoms with Crippen LogP contribution in [0.3, 0.4) is 0 Å². The number of hydrogen-bond acceptors (Lipinski definition) is 4. The van der Waals surface area contributed by atoms with Crippen molar-refractivity contribution in [2.45, 2.75) is 6.42 Å². The van der Waals surface area contributed by atoms with E-state index in [1.165, 1.54) is 0 Å². The van der Waals surface area contributed by atoms with Crippen LogP contribution in [0.25, 0.3) is 0 Å². The molecule has 0 amide bonds. The van der Waals surface area contributed by atoms with Gasteiger partial charge in [-0.05, 0) is 12.1 Å².